The molecule has 1 aliphatic rings. The Labute approximate surface area is 98.5 Å². The van der Waals surface area contributed by atoms with E-state index < -0.39 is 0 Å². The molecule has 0 unspecified atom stereocenters. The fourth-order valence-corrected chi connectivity index (χ4v) is 1.47. The molecule has 1 aliphatic carbocycles. The van der Waals surface area contributed by atoms with Gasteiger partial charge in [-0.1, -0.05) is 55.7 Å². The van der Waals surface area contributed by atoms with Crippen molar-refractivity contribution in [1.29, 1.82) is 0 Å². The topological polar surface area (TPSA) is 20.2 Å². The largest absolute Gasteiger partial charge is 2.00 e. The summed E-state index contributed by atoms with van der Waals surface area (Å²) in [6, 6.07) is 12.0. The van der Waals surface area contributed by atoms with Crippen LogP contribution in [0.4, 0.5) is 0 Å². The van der Waals surface area contributed by atoms with Crippen molar-refractivity contribution >= 4 is 0 Å². The van der Waals surface area contributed by atoms with Crippen LogP contribution in [-0.2, 0) is 17.1 Å². The molecule has 14 heavy (non-hydrogen) atoms. The van der Waals surface area contributed by atoms with E-state index in [1.54, 1.807) is 0 Å². The van der Waals surface area contributed by atoms with Crippen molar-refractivity contribution in [1.82, 2.24) is 0 Å². The van der Waals surface area contributed by atoms with Crippen LogP contribution in [0.1, 0.15) is 33.5 Å². The fraction of sp³-hybridized carbons (Fsp3) is 0.500. The molecular weight excluding hydrogens is 216 g/mol. The third-order valence-electron chi connectivity index (χ3n) is 2.24. The molecule has 0 saturated heterocycles. The van der Waals surface area contributed by atoms with Gasteiger partial charge in [0.05, 0.1) is 6.10 Å². The van der Waals surface area contributed by atoms with Gasteiger partial charge < -0.3 is 5.11 Å². The molecule has 0 radical (unpaired) electrons. The van der Waals surface area contributed by atoms with Crippen LogP contribution in [0, 0.1) is 0 Å². The van der Waals surface area contributed by atoms with E-state index in [-0.39, 0.29) is 24.6 Å². The molecule has 2 heteroatoms. The van der Waals surface area contributed by atoms with Gasteiger partial charge in [-0.25, -0.2) is 0 Å². The predicted molar refractivity (Wildman–Crippen MR) is 56.6 cm³/mol. The van der Waals surface area contributed by atoms with E-state index in [1.165, 1.54) is 19.3 Å². The van der Waals surface area contributed by atoms with Crippen LogP contribution in [0.3, 0.4) is 0 Å². The number of aliphatic hydroxyl groups is 1. The Morgan fingerprint density at radius 1 is 0.786 bits per heavy atom. The third kappa shape index (κ3) is 7.14. The minimum absolute atomic E-state index is 0. The average Bonchev–Trinajstić information content (AvgIpc) is 2.22. The molecule has 1 N–H and O–H groups in total. The van der Waals surface area contributed by atoms with Crippen LogP contribution in [0.2, 0.25) is 0 Å². The maximum atomic E-state index is 8.91. The Balaban J connectivity index is 0. The van der Waals surface area contributed by atoms with Gasteiger partial charge in [0.15, 0.2) is 0 Å². The van der Waals surface area contributed by atoms with Crippen molar-refractivity contribution in [3.8, 4) is 0 Å². The van der Waals surface area contributed by atoms with Crippen LogP contribution >= 0.6 is 0 Å². The minimum Gasteiger partial charge on any atom is -0.393 e. The van der Waals surface area contributed by atoms with Gasteiger partial charge in [0.25, 0.3) is 0 Å². The van der Waals surface area contributed by atoms with Crippen LogP contribution in [0.5, 0.6) is 0 Å². The first kappa shape index (κ1) is 13.7. The fourth-order valence-electron chi connectivity index (χ4n) is 1.47. The van der Waals surface area contributed by atoms with E-state index >= 15 is 0 Å². The molecular formula is C12H19FeO+3. The molecule has 1 nitrogen and oxygen atoms in total. The summed E-state index contributed by atoms with van der Waals surface area (Å²) < 4.78 is 0. The number of hydrogen-bond donors (Lipinski definition) is 1. The second kappa shape index (κ2) is 9.26. The molecule has 0 bridgehead atoms. The number of aliphatic hydroxyl groups excluding tert-OH is 1. The van der Waals surface area contributed by atoms with Gasteiger partial charge in [0.1, 0.15) is 0 Å². The molecule has 0 heterocycles. The second-order valence-corrected chi connectivity index (χ2v) is 3.45. The molecule has 1 aromatic carbocycles. The zero-order valence-corrected chi connectivity index (χ0v) is 9.48. The summed E-state index contributed by atoms with van der Waals surface area (Å²) in [5.74, 6) is 0. The third-order valence-corrected chi connectivity index (χ3v) is 2.24. The predicted octanol–water partition coefficient (Wildman–Crippen LogP) is 3.11. The summed E-state index contributed by atoms with van der Waals surface area (Å²) in [7, 11) is 0. The Kier molecular flexibility index (Phi) is 9.06. The zero-order valence-electron chi connectivity index (χ0n) is 9.38. The van der Waals surface area contributed by atoms with E-state index in [0.29, 0.717) is 0 Å². The maximum Gasteiger partial charge on any atom is 2.00 e. The first-order valence-electron chi connectivity index (χ1n) is 5.07. The van der Waals surface area contributed by atoms with Crippen LogP contribution < -0.4 is 0 Å². The smallest absolute Gasteiger partial charge is 0.393 e. The van der Waals surface area contributed by atoms with Gasteiger partial charge in [-0.05, 0) is 12.8 Å². The normalized spacial score (nSPS) is 16.1. The summed E-state index contributed by atoms with van der Waals surface area (Å²) in [6.45, 7) is 0. The molecule has 1 saturated carbocycles. The molecule has 0 atom stereocenters. The van der Waals surface area contributed by atoms with Gasteiger partial charge in [-0.15, -0.1) is 0 Å². The minimum atomic E-state index is 0. The van der Waals surface area contributed by atoms with Crippen molar-refractivity contribution in [2.75, 3.05) is 0 Å². The van der Waals surface area contributed by atoms with Crippen molar-refractivity contribution in [3.05, 3.63) is 36.4 Å². The van der Waals surface area contributed by atoms with Gasteiger partial charge in [-0.3, -0.25) is 0 Å². The quantitative estimate of drug-likeness (QED) is 0.685. The molecule has 1 fully saturated rings. The Hall–Kier alpha value is -0.301. The van der Waals surface area contributed by atoms with Gasteiger partial charge in [0.2, 0.25) is 0 Å². The van der Waals surface area contributed by atoms with Crippen LogP contribution in [0.15, 0.2) is 36.4 Å². The zero-order chi connectivity index (χ0) is 9.36. The summed E-state index contributed by atoms with van der Waals surface area (Å²) in [5, 5.41) is 8.91. The molecule has 0 aliphatic heterocycles. The van der Waals surface area contributed by atoms with E-state index in [2.05, 4.69) is 0 Å². The SMILES string of the molecule is OC1CCCCC1.[Fe+2].[H+].c1ccccc1. The summed E-state index contributed by atoms with van der Waals surface area (Å²) in [6.07, 6.45) is 5.92. The van der Waals surface area contributed by atoms with E-state index in [1.807, 2.05) is 36.4 Å². The second-order valence-electron chi connectivity index (χ2n) is 3.45. The number of rotatable bonds is 0. The molecule has 0 amide bonds. The molecule has 78 valence electrons. The molecule has 2 rings (SSSR count). The molecule has 1 aromatic rings. The van der Waals surface area contributed by atoms with Crippen molar-refractivity contribution in [3.63, 3.8) is 0 Å². The first-order chi connectivity index (χ1) is 6.39. The Morgan fingerprint density at radius 3 is 1.36 bits per heavy atom. The Bertz CT molecular complexity index is 173. The van der Waals surface area contributed by atoms with E-state index in [4.69, 9.17) is 5.11 Å². The number of hydrogen-bond acceptors (Lipinski definition) is 1. The van der Waals surface area contributed by atoms with Crippen LogP contribution in [0.25, 0.3) is 0 Å². The first-order valence-corrected chi connectivity index (χ1v) is 5.07. The summed E-state index contributed by atoms with van der Waals surface area (Å²) >= 11 is 0. The van der Waals surface area contributed by atoms with Crippen molar-refractivity contribution < 1.29 is 23.6 Å². The maximum absolute atomic E-state index is 8.91. The monoisotopic (exact) mass is 235 g/mol. The summed E-state index contributed by atoms with van der Waals surface area (Å²) in [5.41, 5.74) is 0. The van der Waals surface area contributed by atoms with Crippen molar-refractivity contribution in [2.24, 2.45) is 0 Å². The van der Waals surface area contributed by atoms with E-state index in [0.717, 1.165) is 12.8 Å². The standard InChI is InChI=1S/C6H12O.C6H6.Fe/c7-6-4-2-1-3-5-6;1-2-4-6-5-3-1;/h6-7H,1-5H2;1-6H;/q;;+2/p+1. The van der Waals surface area contributed by atoms with Crippen LogP contribution in [-0.4, -0.2) is 11.2 Å². The van der Waals surface area contributed by atoms with Gasteiger partial charge in [-0.2, -0.15) is 0 Å². The summed E-state index contributed by atoms with van der Waals surface area (Å²) in [4.78, 5) is 0. The number of benzene rings is 1. The van der Waals surface area contributed by atoms with Gasteiger partial charge in [0, 0.05) is 0 Å². The van der Waals surface area contributed by atoms with Gasteiger partial charge >= 0.3 is 18.5 Å². The molecule has 0 spiro atoms. The van der Waals surface area contributed by atoms with E-state index in [9.17, 15) is 0 Å². The molecule has 0 aromatic heterocycles. The van der Waals surface area contributed by atoms with Crippen molar-refractivity contribution in [2.45, 2.75) is 38.2 Å². The average molecular weight is 235 g/mol. The Morgan fingerprint density at radius 2 is 1.14 bits per heavy atom.